The Balaban J connectivity index is 1.90. The van der Waals surface area contributed by atoms with Gasteiger partial charge in [0.05, 0.1) is 0 Å². The second-order valence-electron chi connectivity index (χ2n) is 4.39. The van der Waals surface area contributed by atoms with Gasteiger partial charge in [0.15, 0.2) is 5.82 Å². The number of nitrogens with zero attached hydrogens (tertiary/aromatic N) is 3. The van der Waals surface area contributed by atoms with Gasteiger partial charge in [-0.15, -0.1) is 0 Å². The molecule has 17 heavy (non-hydrogen) atoms. The van der Waals surface area contributed by atoms with Crippen LogP contribution in [0.1, 0.15) is 19.8 Å². The molecule has 1 saturated heterocycles. The molecule has 1 aliphatic heterocycles. The van der Waals surface area contributed by atoms with E-state index in [-0.39, 0.29) is 0 Å². The molecule has 0 aliphatic carbocycles. The number of anilines is 2. The van der Waals surface area contributed by atoms with Crippen LogP contribution in [0, 0.1) is 0 Å². The number of hydrogen-bond acceptors (Lipinski definition) is 5. The molecule has 0 amide bonds. The van der Waals surface area contributed by atoms with E-state index in [0.29, 0.717) is 22.7 Å². The quantitative estimate of drug-likeness (QED) is 0.856. The first-order chi connectivity index (χ1) is 8.18. The van der Waals surface area contributed by atoms with Crippen molar-refractivity contribution < 1.29 is 0 Å². The van der Waals surface area contributed by atoms with Gasteiger partial charge in [-0.05, 0) is 32.9 Å². The third kappa shape index (κ3) is 2.98. The molecule has 2 rings (SSSR count). The third-order valence-electron chi connectivity index (χ3n) is 3.15. The summed E-state index contributed by atoms with van der Waals surface area (Å²) in [5, 5.41) is 3.63. The second kappa shape index (κ2) is 5.51. The summed E-state index contributed by atoms with van der Waals surface area (Å²) in [5.74, 6) is 0.934. The lowest BCUT2D eigenvalue weighted by Gasteiger charge is -2.24. The largest absolute Gasteiger partial charge is 0.382 e. The van der Waals surface area contributed by atoms with E-state index in [1.165, 1.54) is 32.3 Å². The highest BCUT2D eigenvalue weighted by molar-refractivity contribution is 6.35. The minimum absolute atomic E-state index is 0.318. The Morgan fingerprint density at radius 3 is 2.88 bits per heavy atom. The normalized spacial score (nSPS) is 18.2. The summed E-state index contributed by atoms with van der Waals surface area (Å²) in [4.78, 5) is 10.4. The van der Waals surface area contributed by atoms with Gasteiger partial charge in [-0.25, -0.2) is 9.97 Å². The zero-order valence-electron chi connectivity index (χ0n) is 9.99. The van der Waals surface area contributed by atoms with Crippen molar-refractivity contribution in [1.29, 1.82) is 0 Å². The van der Waals surface area contributed by atoms with Gasteiger partial charge in [0.2, 0.25) is 0 Å². The van der Waals surface area contributed by atoms with Crippen LogP contribution in [0.15, 0.2) is 6.33 Å². The standard InChI is InChI=1S/C11H18ClN5/c1-8(17-4-2-3-5-17)6-14-11-9(12)10(13)15-7-16-11/h7-8H,2-6H2,1H3,(H3,13,14,15,16). The minimum atomic E-state index is 0.318. The number of halogens is 1. The van der Waals surface area contributed by atoms with E-state index in [9.17, 15) is 0 Å². The molecule has 0 aromatic carbocycles. The number of aromatic nitrogens is 2. The van der Waals surface area contributed by atoms with Gasteiger partial charge in [0.1, 0.15) is 17.2 Å². The van der Waals surface area contributed by atoms with E-state index in [1.807, 2.05) is 0 Å². The molecular weight excluding hydrogens is 238 g/mol. The Morgan fingerprint density at radius 2 is 2.18 bits per heavy atom. The van der Waals surface area contributed by atoms with Gasteiger partial charge in [0, 0.05) is 12.6 Å². The van der Waals surface area contributed by atoms with Gasteiger partial charge in [0.25, 0.3) is 0 Å². The van der Waals surface area contributed by atoms with Gasteiger partial charge in [-0.1, -0.05) is 11.6 Å². The highest BCUT2D eigenvalue weighted by atomic mass is 35.5. The molecular formula is C11H18ClN5. The van der Waals surface area contributed by atoms with Crippen LogP contribution in [0.3, 0.4) is 0 Å². The molecule has 1 fully saturated rings. The van der Waals surface area contributed by atoms with Crippen LogP contribution < -0.4 is 11.1 Å². The average molecular weight is 256 g/mol. The number of rotatable bonds is 4. The van der Waals surface area contributed by atoms with Crippen LogP contribution >= 0.6 is 11.6 Å². The van der Waals surface area contributed by atoms with Crippen LogP contribution in [0.2, 0.25) is 5.02 Å². The lowest BCUT2D eigenvalue weighted by molar-refractivity contribution is 0.269. The fourth-order valence-corrected chi connectivity index (χ4v) is 2.23. The second-order valence-corrected chi connectivity index (χ2v) is 4.77. The summed E-state index contributed by atoms with van der Waals surface area (Å²) in [5.41, 5.74) is 5.62. The van der Waals surface area contributed by atoms with E-state index in [0.717, 1.165) is 6.54 Å². The summed E-state index contributed by atoms with van der Waals surface area (Å²) in [6.45, 7) is 5.39. The molecule has 0 saturated carbocycles. The molecule has 6 heteroatoms. The number of likely N-dealkylation sites (tertiary alicyclic amines) is 1. The van der Waals surface area contributed by atoms with E-state index < -0.39 is 0 Å². The first kappa shape index (κ1) is 12.4. The monoisotopic (exact) mass is 255 g/mol. The molecule has 2 heterocycles. The van der Waals surface area contributed by atoms with Crippen LogP contribution in [0.4, 0.5) is 11.6 Å². The van der Waals surface area contributed by atoms with Crippen molar-refractivity contribution in [1.82, 2.24) is 14.9 Å². The first-order valence-corrected chi connectivity index (χ1v) is 6.30. The summed E-state index contributed by atoms with van der Waals surface area (Å²) >= 11 is 6.01. The van der Waals surface area contributed by atoms with Crippen molar-refractivity contribution in [3.8, 4) is 0 Å². The SMILES string of the molecule is CC(CNc1ncnc(N)c1Cl)N1CCCC1. The summed E-state index contributed by atoms with van der Waals surface area (Å²) in [6.07, 6.45) is 4.02. The number of hydrogen-bond donors (Lipinski definition) is 2. The Kier molecular flexibility index (Phi) is 4.02. The fraction of sp³-hybridized carbons (Fsp3) is 0.636. The van der Waals surface area contributed by atoms with Gasteiger partial charge in [-0.3, -0.25) is 4.90 Å². The van der Waals surface area contributed by atoms with E-state index in [4.69, 9.17) is 17.3 Å². The van der Waals surface area contributed by atoms with Crippen molar-refractivity contribution in [2.75, 3.05) is 30.7 Å². The Labute approximate surface area is 106 Å². The Bertz CT molecular complexity index is 378. The highest BCUT2D eigenvalue weighted by Gasteiger charge is 2.18. The molecule has 1 atom stereocenters. The average Bonchev–Trinajstić information content (AvgIpc) is 2.84. The van der Waals surface area contributed by atoms with Crippen molar-refractivity contribution >= 4 is 23.2 Å². The van der Waals surface area contributed by atoms with Crippen LogP contribution in [-0.4, -0.2) is 40.5 Å². The molecule has 0 radical (unpaired) electrons. The molecule has 5 nitrogen and oxygen atoms in total. The summed E-state index contributed by atoms with van der Waals surface area (Å²) in [6, 6.07) is 0.477. The van der Waals surface area contributed by atoms with Gasteiger partial charge in [-0.2, -0.15) is 0 Å². The van der Waals surface area contributed by atoms with Gasteiger partial charge < -0.3 is 11.1 Å². The van der Waals surface area contributed by atoms with Crippen molar-refractivity contribution in [2.45, 2.75) is 25.8 Å². The molecule has 94 valence electrons. The smallest absolute Gasteiger partial charge is 0.150 e. The summed E-state index contributed by atoms with van der Waals surface area (Å²) in [7, 11) is 0. The first-order valence-electron chi connectivity index (χ1n) is 5.92. The van der Waals surface area contributed by atoms with Crippen LogP contribution in [0.25, 0.3) is 0 Å². The zero-order valence-corrected chi connectivity index (χ0v) is 10.7. The lowest BCUT2D eigenvalue weighted by atomic mass is 10.3. The molecule has 0 bridgehead atoms. The van der Waals surface area contributed by atoms with Crippen molar-refractivity contribution in [3.63, 3.8) is 0 Å². The predicted molar refractivity (Wildman–Crippen MR) is 70.2 cm³/mol. The Hall–Kier alpha value is -1.07. The maximum Gasteiger partial charge on any atom is 0.150 e. The lowest BCUT2D eigenvalue weighted by Crippen LogP contribution is -2.35. The predicted octanol–water partition coefficient (Wildman–Crippen LogP) is 1.61. The number of nitrogens with two attached hydrogens (primary N) is 1. The van der Waals surface area contributed by atoms with Crippen LogP contribution in [0.5, 0.6) is 0 Å². The Morgan fingerprint density at radius 1 is 1.47 bits per heavy atom. The third-order valence-corrected chi connectivity index (χ3v) is 3.52. The zero-order chi connectivity index (χ0) is 12.3. The van der Waals surface area contributed by atoms with Gasteiger partial charge >= 0.3 is 0 Å². The maximum atomic E-state index is 6.01. The maximum absolute atomic E-state index is 6.01. The molecule has 1 aromatic heterocycles. The number of nitrogens with one attached hydrogen (secondary N) is 1. The van der Waals surface area contributed by atoms with E-state index in [1.54, 1.807) is 0 Å². The summed E-state index contributed by atoms with van der Waals surface area (Å²) < 4.78 is 0. The topological polar surface area (TPSA) is 67.1 Å². The fourth-order valence-electron chi connectivity index (χ4n) is 2.06. The van der Waals surface area contributed by atoms with Crippen molar-refractivity contribution in [3.05, 3.63) is 11.3 Å². The molecule has 1 aliphatic rings. The van der Waals surface area contributed by atoms with Crippen molar-refractivity contribution in [2.24, 2.45) is 0 Å². The molecule has 3 N–H and O–H groups in total. The van der Waals surface area contributed by atoms with Crippen LogP contribution in [-0.2, 0) is 0 Å². The molecule has 0 spiro atoms. The highest BCUT2D eigenvalue weighted by Crippen LogP contribution is 2.23. The van der Waals surface area contributed by atoms with E-state index >= 15 is 0 Å². The minimum Gasteiger partial charge on any atom is -0.382 e. The van der Waals surface area contributed by atoms with E-state index in [2.05, 4.69) is 27.1 Å². The molecule has 1 unspecified atom stereocenters. The number of nitrogen functional groups attached to an aromatic ring is 1. The molecule has 1 aromatic rings.